The van der Waals surface area contributed by atoms with Crippen molar-refractivity contribution in [1.29, 1.82) is 0 Å². The zero-order valence-corrected chi connectivity index (χ0v) is 14.9. The number of nitrogens with two attached hydrogens (primary N) is 1. The number of aliphatic carboxylic acids is 1. The number of pyridine rings is 1. The summed E-state index contributed by atoms with van der Waals surface area (Å²) in [6.07, 6.45) is 0. The molecule has 128 valence electrons. The van der Waals surface area contributed by atoms with E-state index in [2.05, 4.69) is 4.98 Å². The number of rotatable bonds is 4. The van der Waals surface area contributed by atoms with Gasteiger partial charge in [-0.25, -0.2) is 4.98 Å². The van der Waals surface area contributed by atoms with Crippen molar-refractivity contribution in [2.75, 3.05) is 0 Å². The topological polar surface area (TPSA) is 76.2 Å². The minimum absolute atomic E-state index is 0.306. The normalized spacial score (nSPS) is 13.6. The van der Waals surface area contributed by atoms with Gasteiger partial charge in [-0.05, 0) is 35.9 Å². The van der Waals surface area contributed by atoms with Crippen LogP contribution in [-0.2, 0) is 4.79 Å². The third-order valence-corrected chi connectivity index (χ3v) is 4.91. The maximum absolute atomic E-state index is 11.1. The maximum atomic E-state index is 11.1. The van der Waals surface area contributed by atoms with E-state index in [0.29, 0.717) is 21.3 Å². The number of halogens is 2. The van der Waals surface area contributed by atoms with Crippen molar-refractivity contribution in [2.45, 2.75) is 18.9 Å². The Bertz CT molecular complexity index is 939. The lowest BCUT2D eigenvalue weighted by Gasteiger charge is -2.17. The lowest BCUT2D eigenvalue weighted by Crippen LogP contribution is -2.35. The molecule has 2 aromatic carbocycles. The van der Waals surface area contributed by atoms with Gasteiger partial charge in [-0.15, -0.1) is 0 Å². The molecule has 0 radical (unpaired) electrons. The van der Waals surface area contributed by atoms with E-state index in [1.807, 2.05) is 30.3 Å². The Kier molecular flexibility index (Phi) is 4.95. The van der Waals surface area contributed by atoms with Crippen LogP contribution in [0.3, 0.4) is 0 Å². The Morgan fingerprint density at radius 1 is 1.12 bits per heavy atom. The summed E-state index contributed by atoms with van der Waals surface area (Å²) in [6.45, 7) is 1.80. The fraction of sp³-hybridized carbons (Fsp3) is 0.158. The van der Waals surface area contributed by atoms with Gasteiger partial charge in [0, 0.05) is 16.9 Å². The van der Waals surface area contributed by atoms with Crippen LogP contribution in [-0.4, -0.2) is 22.1 Å². The molecule has 6 heteroatoms. The van der Waals surface area contributed by atoms with Crippen LogP contribution >= 0.6 is 23.2 Å². The quantitative estimate of drug-likeness (QED) is 0.692. The summed E-state index contributed by atoms with van der Waals surface area (Å²) in [4.78, 5) is 15.7. The SMILES string of the molecule is CC(c1ccc2nc(-c3c(Cl)cccc3Cl)ccc2c1)C(N)C(=O)O. The second-order valence-electron chi connectivity index (χ2n) is 5.90. The van der Waals surface area contributed by atoms with E-state index in [0.717, 1.165) is 16.5 Å². The molecule has 3 N–H and O–H groups in total. The van der Waals surface area contributed by atoms with Crippen LogP contribution in [0.2, 0.25) is 10.0 Å². The van der Waals surface area contributed by atoms with Gasteiger partial charge in [0.25, 0.3) is 0 Å². The Labute approximate surface area is 155 Å². The Balaban J connectivity index is 2.03. The average Bonchev–Trinajstić information content (AvgIpc) is 2.59. The minimum atomic E-state index is -1.02. The molecule has 4 nitrogen and oxygen atoms in total. The fourth-order valence-electron chi connectivity index (χ4n) is 2.73. The van der Waals surface area contributed by atoms with Gasteiger partial charge in [0.2, 0.25) is 0 Å². The number of carboxylic acids is 1. The van der Waals surface area contributed by atoms with Gasteiger partial charge in [-0.2, -0.15) is 0 Å². The molecule has 2 unspecified atom stereocenters. The van der Waals surface area contributed by atoms with E-state index >= 15 is 0 Å². The lowest BCUT2D eigenvalue weighted by atomic mass is 9.93. The molecule has 0 amide bonds. The highest BCUT2D eigenvalue weighted by molar-refractivity contribution is 6.39. The molecule has 0 saturated carbocycles. The fourth-order valence-corrected chi connectivity index (χ4v) is 3.32. The Hall–Kier alpha value is -2.14. The van der Waals surface area contributed by atoms with Crippen LogP contribution < -0.4 is 5.73 Å². The molecule has 0 aliphatic rings. The van der Waals surface area contributed by atoms with Crippen LogP contribution in [0.4, 0.5) is 0 Å². The smallest absolute Gasteiger partial charge is 0.321 e. The van der Waals surface area contributed by atoms with Gasteiger partial charge in [0.1, 0.15) is 6.04 Å². The van der Waals surface area contributed by atoms with Crippen molar-refractivity contribution in [1.82, 2.24) is 4.98 Å². The number of fused-ring (bicyclic) bond motifs is 1. The predicted octanol–water partition coefficient (Wildman–Crippen LogP) is 4.72. The van der Waals surface area contributed by atoms with Gasteiger partial charge in [-0.3, -0.25) is 4.79 Å². The predicted molar refractivity (Wildman–Crippen MR) is 101 cm³/mol. The zero-order valence-electron chi connectivity index (χ0n) is 13.4. The maximum Gasteiger partial charge on any atom is 0.321 e. The first-order chi connectivity index (χ1) is 11.9. The van der Waals surface area contributed by atoms with Gasteiger partial charge in [-0.1, -0.05) is 48.3 Å². The summed E-state index contributed by atoms with van der Waals surface area (Å²) >= 11 is 12.5. The molecule has 0 spiro atoms. The van der Waals surface area contributed by atoms with Crippen molar-refractivity contribution < 1.29 is 9.90 Å². The van der Waals surface area contributed by atoms with Crippen LogP contribution in [0.1, 0.15) is 18.4 Å². The highest BCUT2D eigenvalue weighted by atomic mass is 35.5. The number of nitrogens with zero attached hydrogens (tertiary/aromatic N) is 1. The number of carboxylic acid groups (broad SMARTS) is 1. The second-order valence-corrected chi connectivity index (χ2v) is 6.71. The van der Waals surface area contributed by atoms with Crippen LogP contribution in [0.25, 0.3) is 22.2 Å². The zero-order chi connectivity index (χ0) is 18.1. The van der Waals surface area contributed by atoms with E-state index in [1.165, 1.54) is 0 Å². The van der Waals surface area contributed by atoms with Crippen molar-refractivity contribution in [3.8, 4) is 11.3 Å². The van der Waals surface area contributed by atoms with E-state index in [-0.39, 0.29) is 5.92 Å². The molecule has 0 aliphatic heterocycles. The number of hydrogen-bond acceptors (Lipinski definition) is 3. The third-order valence-electron chi connectivity index (χ3n) is 4.28. The van der Waals surface area contributed by atoms with Gasteiger partial charge >= 0.3 is 5.97 Å². The Morgan fingerprint density at radius 3 is 2.44 bits per heavy atom. The molecule has 0 saturated heterocycles. The third kappa shape index (κ3) is 3.47. The molecular formula is C19H16Cl2N2O2. The summed E-state index contributed by atoms with van der Waals surface area (Å²) in [7, 11) is 0. The highest BCUT2D eigenvalue weighted by Gasteiger charge is 2.21. The van der Waals surface area contributed by atoms with E-state index < -0.39 is 12.0 Å². The molecule has 1 aromatic heterocycles. The minimum Gasteiger partial charge on any atom is -0.480 e. The van der Waals surface area contributed by atoms with Crippen LogP contribution in [0, 0.1) is 0 Å². The molecule has 3 rings (SSSR count). The molecule has 0 fully saturated rings. The summed E-state index contributed by atoms with van der Waals surface area (Å²) in [5.41, 5.74) is 8.73. The molecule has 0 aliphatic carbocycles. The van der Waals surface area contributed by atoms with Crippen molar-refractivity contribution >= 4 is 40.1 Å². The molecule has 2 atom stereocenters. The summed E-state index contributed by atoms with van der Waals surface area (Å²) in [5.74, 6) is -1.32. The van der Waals surface area contributed by atoms with Gasteiger partial charge < -0.3 is 10.8 Å². The number of benzene rings is 2. The lowest BCUT2D eigenvalue weighted by molar-refractivity contribution is -0.139. The van der Waals surface area contributed by atoms with E-state index in [1.54, 1.807) is 25.1 Å². The number of hydrogen-bond donors (Lipinski definition) is 2. The second kappa shape index (κ2) is 7.00. The first-order valence-electron chi connectivity index (χ1n) is 7.72. The molecule has 0 bridgehead atoms. The summed E-state index contributed by atoms with van der Waals surface area (Å²) in [6, 6.07) is 13.7. The number of carbonyl (C=O) groups is 1. The number of aromatic nitrogens is 1. The largest absolute Gasteiger partial charge is 0.480 e. The highest BCUT2D eigenvalue weighted by Crippen LogP contribution is 2.34. The summed E-state index contributed by atoms with van der Waals surface area (Å²) in [5, 5.41) is 11.1. The molecule has 1 heterocycles. The van der Waals surface area contributed by atoms with Gasteiger partial charge in [0.05, 0.1) is 21.3 Å². The first-order valence-corrected chi connectivity index (χ1v) is 8.47. The average molecular weight is 375 g/mol. The molecular weight excluding hydrogens is 359 g/mol. The molecule has 3 aromatic rings. The standard InChI is InChI=1S/C19H16Cl2N2O2/c1-10(18(22)19(24)25)11-5-7-15-12(9-11)6-8-16(23-15)17-13(20)3-2-4-14(17)21/h2-10,18H,22H2,1H3,(H,24,25). The van der Waals surface area contributed by atoms with Gasteiger partial charge in [0.15, 0.2) is 0 Å². The first kappa shape index (κ1) is 17.7. The van der Waals surface area contributed by atoms with Crippen LogP contribution in [0.15, 0.2) is 48.5 Å². The van der Waals surface area contributed by atoms with Crippen LogP contribution in [0.5, 0.6) is 0 Å². The monoisotopic (exact) mass is 374 g/mol. The molecule has 25 heavy (non-hydrogen) atoms. The van der Waals surface area contributed by atoms with E-state index in [4.69, 9.17) is 34.0 Å². The van der Waals surface area contributed by atoms with E-state index in [9.17, 15) is 4.79 Å². The van der Waals surface area contributed by atoms with Crippen molar-refractivity contribution in [2.24, 2.45) is 5.73 Å². The van der Waals surface area contributed by atoms with Crippen molar-refractivity contribution in [3.63, 3.8) is 0 Å². The summed E-state index contributed by atoms with van der Waals surface area (Å²) < 4.78 is 0. The van der Waals surface area contributed by atoms with Crippen molar-refractivity contribution in [3.05, 3.63) is 64.1 Å². The Morgan fingerprint density at radius 2 is 1.80 bits per heavy atom.